The number of fused-ring (bicyclic) bond motifs is 2. The third-order valence-electron chi connectivity index (χ3n) is 5.80. The van der Waals surface area contributed by atoms with Crippen LogP contribution in [-0.4, -0.2) is 29.8 Å². The highest BCUT2D eigenvalue weighted by molar-refractivity contribution is 8.00. The summed E-state index contributed by atoms with van der Waals surface area (Å²) in [6.07, 6.45) is 5.45. The lowest BCUT2D eigenvalue weighted by Gasteiger charge is -2.16. The SMILES string of the molecule is CCSNc1cc(-c2cn(C)c(=O)c3[nH]ccc23)nc2c1ncn2C(C)c1ccc(Cl)cc1. The number of H-pyrrole nitrogens is 1. The number of hydrogen-bond donors (Lipinski definition) is 2. The molecule has 4 aromatic heterocycles. The Bertz CT molecular complexity index is 1520. The summed E-state index contributed by atoms with van der Waals surface area (Å²) in [5.74, 6) is 0.906. The summed E-state index contributed by atoms with van der Waals surface area (Å²) in [7, 11) is 1.75. The zero-order chi connectivity index (χ0) is 23.1. The minimum Gasteiger partial charge on any atom is -0.357 e. The van der Waals surface area contributed by atoms with Crippen LogP contribution in [0.25, 0.3) is 33.3 Å². The lowest BCUT2D eigenvalue weighted by molar-refractivity contribution is 0.652. The molecule has 168 valence electrons. The van der Waals surface area contributed by atoms with Gasteiger partial charge in [0.1, 0.15) is 11.0 Å². The second-order valence-corrected chi connectivity index (χ2v) is 9.37. The molecule has 7 nitrogen and oxygen atoms in total. The summed E-state index contributed by atoms with van der Waals surface area (Å²) in [6, 6.07) is 11.7. The summed E-state index contributed by atoms with van der Waals surface area (Å²) in [5, 5.41) is 1.55. The van der Waals surface area contributed by atoms with E-state index in [0.29, 0.717) is 10.5 Å². The van der Waals surface area contributed by atoms with Gasteiger partial charge in [-0.05, 0) is 36.8 Å². The summed E-state index contributed by atoms with van der Waals surface area (Å²) >= 11 is 7.69. The average molecular weight is 479 g/mol. The Morgan fingerprint density at radius 3 is 2.79 bits per heavy atom. The van der Waals surface area contributed by atoms with E-state index in [-0.39, 0.29) is 11.6 Å². The highest BCUT2D eigenvalue weighted by Crippen LogP contribution is 2.33. The van der Waals surface area contributed by atoms with Crippen molar-refractivity contribution in [3.63, 3.8) is 0 Å². The fourth-order valence-corrected chi connectivity index (χ4v) is 4.61. The van der Waals surface area contributed by atoms with Crippen LogP contribution in [0, 0.1) is 0 Å². The van der Waals surface area contributed by atoms with Crippen molar-refractivity contribution in [2.75, 3.05) is 10.5 Å². The number of nitrogens with zero attached hydrogens (tertiary/aromatic N) is 4. The molecule has 0 aliphatic carbocycles. The van der Waals surface area contributed by atoms with Gasteiger partial charge in [-0.15, -0.1) is 0 Å². The minimum absolute atomic E-state index is 0.00843. The topological polar surface area (TPSA) is 80.5 Å². The monoisotopic (exact) mass is 478 g/mol. The fourth-order valence-electron chi connectivity index (χ4n) is 4.03. The fraction of sp³-hybridized carbons (Fsp3) is 0.208. The number of benzene rings is 1. The maximum Gasteiger partial charge on any atom is 0.274 e. The van der Waals surface area contributed by atoms with Gasteiger partial charge >= 0.3 is 0 Å². The van der Waals surface area contributed by atoms with Crippen LogP contribution in [0.4, 0.5) is 5.69 Å². The number of nitrogens with one attached hydrogen (secondary N) is 2. The zero-order valence-electron chi connectivity index (χ0n) is 18.5. The van der Waals surface area contributed by atoms with E-state index in [2.05, 4.69) is 28.1 Å². The first-order valence-corrected chi connectivity index (χ1v) is 12.0. The number of aromatic amines is 1. The lowest BCUT2D eigenvalue weighted by atomic mass is 10.1. The van der Waals surface area contributed by atoms with Crippen molar-refractivity contribution in [3.05, 3.63) is 76.1 Å². The van der Waals surface area contributed by atoms with Crippen LogP contribution in [0.5, 0.6) is 0 Å². The van der Waals surface area contributed by atoms with E-state index in [9.17, 15) is 4.79 Å². The smallest absolute Gasteiger partial charge is 0.274 e. The van der Waals surface area contributed by atoms with Gasteiger partial charge in [0.2, 0.25) is 0 Å². The van der Waals surface area contributed by atoms with E-state index >= 15 is 0 Å². The number of aromatic nitrogens is 5. The highest BCUT2D eigenvalue weighted by Gasteiger charge is 2.19. The molecule has 0 aliphatic heterocycles. The van der Waals surface area contributed by atoms with Gasteiger partial charge in [-0.3, -0.25) is 4.79 Å². The Morgan fingerprint density at radius 1 is 1.24 bits per heavy atom. The van der Waals surface area contributed by atoms with Crippen LogP contribution in [0.15, 0.2) is 59.9 Å². The van der Waals surface area contributed by atoms with Crippen molar-refractivity contribution >= 4 is 51.3 Å². The van der Waals surface area contributed by atoms with Gasteiger partial charge in [-0.25, -0.2) is 9.97 Å². The van der Waals surface area contributed by atoms with Gasteiger partial charge in [0, 0.05) is 41.2 Å². The molecule has 1 atom stereocenters. The van der Waals surface area contributed by atoms with Crippen molar-refractivity contribution in [2.24, 2.45) is 7.05 Å². The molecule has 9 heteroatoms. The third-order valence-corrected chi connectivity index (χ3v) is 6.70. The molecule has 0 fully saturated rings. The van der Waals surface area contributed by atoms with Gasteiger partial charge < -0.3 is 18.8 Å². The molecule has 5 aromatic rings. The largest absolute Gasteiger partial charge is 0.357 e. The number of imidazole rings is 1. The van der Waals surface area contributed by atoms with Crippen molar-refractivity contribution in [2.45, 2.75) is 19.9 Å². The summed E-state index contributed by atoms with van der Waals surface area (Å²) < 4.78 is 7.08. The Hall–Kier alpha value is -3.23. The average Bonchev–Trinajstić information content (AvgIpc) is 3.47. The molecule has 0 bridgehead atoms. The Kier molecular flexibility index (Phi) is 5.64. The summed E-state index contributed by atoms with van der Waals surface area (Å²) in [5.41, 5.74) is 5.72. The van der Waals surface area contributed by atoms with E-state index in [4.69, 9.17) is 21.6 Å². The molecule has 0 aliphatic rings. The molecule has 1 aromatic carbocycles. The molecule has 0 amide bonds. The summed E-state index contributed by atoms with van der Waals surface area (Å²) in [6.45, 7) is 4.21. The first-order valence-electron chi connectivity index (χ1n) is 10.7. The molecule has 1 unspecified atom stereocenters. The molecule has 0 saturated heterocycles. The molecular weight excluding hydrogens is 456 g/mol. The van der Waals surface area contributed by atoms with E-state index in [1.165, 1.54) is 0 Å². The van der Waals surface area contributed by atoms with Crippen molar-refractivity contribution in [1.29, 1.82) is 0 Å². The van der Waals surface area contributed by atoms with Gasteiger partial charge in [0.25, 0.3) is 5.56 Å². The van der Waals surface area contributed by atoms with Crippen LogP contribution >= 0.6 is 23.5 Å². The number of anilines is 1. The predicted molar refractivity (Wildman–Crippen MR) is 137 cm³/mol. The Morgan fingerprint density at radius 2 is 2.03 bits per heavy atom. The number of rotatable bonds is 6. The molecule has 0 saturated carbocycles. The van der Waals surface area contributed by atoms with E-state index < -0.39 is 0 Å². The normalized spacial score (nSPS) is 12.5. The maximum absolute atomic E-state index is 12.5. The molecule has 0 radical (unpaired) electrons. The minimum atomic E-state index is -0.0684. The number of halogens is 1. The van der Waals surface area contributed by atoms with Crippen LogP contribution in [0.2, 0.25) is 5.02 Å². The van der Waals surface area contributed by atoms with Gasteiger partial charge in [0.15, 0.2) is 5.65 Å². The first-order chi connectivity index (χ1) is 16.0. The molecule has 33 heavy (non-hydrogen) atoms. The molecule has 5 rings (SSSR count). The maximum atomic E-state index is 12.5. The molecular formula is C24H23ClN6OS. The standard InChI is InChI=1S/C24H23ClN6OS/c1-4-33-29-20-11-19(18-12-30(3)24(32)21-17(18)9-10-26-21)28-23-22(20)27-13-31(23)14(2)15-5-7-16(25)8-6-15/h5-14,26H,4H2,1-3H3,(H,28,29). The third kappa shape index (κ3) is 3.79. The lowest BCUT2D eigenvalue weighted by Crippen LogP contribution is -2.16. The zero-order valence-corrected chi connectivity index (χ0v) is 20.0. The van der Waals surface area contributed by atoms with Crippen molar-refractivity contribution < 1.29 is 0 Å². The second kappa shape index (κ2) is 8.61. The Labute approximate surface area is 200 Å². The number of hydrogen-bond acceptors (Lipinski definition) is 5. The van der Waals surface area contributed by atoms with Crippen molar-refractivity contribution in [1.82, 2.24) is 24.1 Å². The number of pyridine rings is 2. The first kappa shape index (κ1) is 21.6. The van der Waals surface area contributed by atoms with E-state index in [1.54, 1.807) is 29.8 Å². The van der Waals surface area contributed by atoms with Crippen molar-refractivity contribution in [3.8, 4) is 11.3 Å². The molecule has 4 heterocycles. The van der Waals surface area contributed by atoms with Gasteiger partial charge in [0.05, 0.1) is 23.8 Å². The predicted octanol–water partition coefficient (Wildman–Crippen LogP) is 5.62. The van der Waals surface area contributed by atoms with Gasteiger partial charge in [-0.2, -0.15) is 0 Å². The molecule has 2 N–H and O–H groups in total. The Balaban J connectivity index is 1.73. The molecule has 0 spiro atoms. The quantitative estimate of drug-likeness (QED) is 0.309. The van der Waals surface area contributed by atoms with Crippen LogP contribution in [-0.2, 0) is 7.05 Å². The van der Waals surface area contributed by atoms with E-state index in [0.717, 1.165) is 44.8 Å². The van der Waals surface area contributed by atoms with Gasteiger partial charge in [-0.1, -0.05) is 42.6 Å². The highest BCUT2D eigenvalue weighted by atomic mass is 35.5. The second-order valence-electron chi connectivity index (χ2n) is 7.87. The van der Waals surface area contributed by atoms with Crippen LogP contribution in [0.3, 0.4) is 0 Å². The van der Waals surface area contributed by atoms with Crippen LogP contribution in [0.1, 0.15) is 25.5 Å². The number of aryl methyl sites for hydroxylation is 1. The van der Waals surface area contributed by atoms with E-state index in [1.807, 2.05) is 48.9 Å². The van der Waals surface area contributed by atoms with Crippen LogP contribution < -0.4 is 10.3 Å². The summed E-state index contributed by atoms with van der Waals surface area (Å²) in [4.78, 5) is 25.3.